The maximum absolute atomic E-state index is 13.7. The fourth-order valence-corrected chi connectivity index (χ4v) is 1.93. The number of pyridine rings is 1. The lowest BCUT2D eigenvalue weighted by Crippen LogP contribution is -2.21. The molecule has 1 aliphatic rings. The lowest BCUT2D eigenvalue weighted by molar-refractivity contribution is -0.0310. The van der Waals surface area contributed by atoms with E-state index in [1.165, 1.54) is 12.3 Å². The van der Waals surface area contributed by atoms with Crippen molar-refractivity contribution in [2.75, 3.05) is 13.1 Å². The van der Waals surface area contributed by atoms with Crippen LogP contribution in [0.15, 0.2) is 24.4 Å². The first-order valence-electron chi connectivity index (χ1n) is 5.18. The van der Waals surface area contributed by atoms with Crippen LogP contribution in [-0.2, 0) is 5.92 Å². The summed E-state index contributed by atoms with van der Waals surface area (Å²) in [5, 5.41) is 3.09. The first-order valence-corrected chi connectivity index (χ1v) is 5.18. The molecule has 2 heterocycles. The van der Waals surface area contributed by atoms with Crippen molar-refractivity contribution in [3.05, 3.63) is 30.1 Å². The van der Waals surface area contributed by atoms with Gasteiger partial charge in [-0.1, -0.05) is 6.07 Å². The molecule has 15 heavy (non-hydrogen) atoms. The van der Waals surface area contributed by atoms with Crippen molar-refractivity contribution in [3.8, 4) is 0 Å². The van der Waals surface area contributed by atoms with Gasteiger partial charge in [0.05, 0.1) is 0 Å². The van der Waals surface area contributed by atoms with Crippen molar-refractivity contribution < 1.29 is 8.78 Å². The van der Waals surface area contributed by atoms with E-state index in [9.17, 15) is 8.78 Å². The Morgan fingerprint density at radius 2 is 2.33 bits per heavy atom. The first kappa shape index (κ1) is 10.5. The van der Waals surface area contributed by atoms with Gasteiger partial charge in [-0.05, 0) is 37.6 Å². The van der Waals surface area contributed by atoms with Gasteiger partial charge in [0, 0.05) is 12.6 Å². The quantitative estimate of drug-likeness (QED) is 0.830. The van der Waals surface area contributed by atoms with E-state index in [0.717, 1.165) is 13.0 Å². The van der Waals surface area contributed by atoms with Crippen molar-refractivity contribution in [1.29, 1.82) is 0 Å². The van der Waals surface area contributed by atoms with Crippen molar-refractivity contribution in [2.24, 2.45) is 5.92 Å². The summed E-state index contributed by atoms with van der Waals surface area (Å²) in [6.07, 6.45) is 2.15. The Kier molecular flexibility index (Phi) is 2.95. The normalized spacial score (nSPS) is 21.9. The molecule has 0 aromatic carbocycles. The van der Waals surface area contributed by atoms with Crippen LogP contribution in [0.1, 0.15) is 18.5 Å². The molecule has 1 saturated heterocycles. The smallest absolute Gasteiger partial charge is 0.290 e. The van der Waals surface area contributed by atoms with Crippen molar-refractivity contribution in [3.63, 3.8) is 0 Å². The summed E-state index contributed by atoms with van der Waals surface area (Å²) >= 11 is 0. The summed E-state index contributed by atoms with van der Waals surface area (Å²) in [5.41, 5.74) is -0.114. The van der Waals surface area contributed by atoms with Gasteiger partial charge in [-0.2, -0.15) is 8.78 Å². The Morgan fingerprint density at radius 1 is 1.47 bits per heavy atom. The SMILES string of the molecule is FC(F)(CC1CCNC1)c1ccccn1. The Balaban J connectivity index is 2.05. The monoisotopic (exact) mass is 212 g/mol. The van der Waals surface area contributed by atoms with Gasteiger partial charge in [0.25, 0.3) is 5.92 Å². The van der Waals surface area contributed by atoms with Crippen LogP contribution in [0, 0.1) is 5.92 Å². The summed E-state index contributed by atoms with van der Waals surface area (Å²) in [6.45, 7) is 1.55. The minimum absolute atomic E-state index is 0.0713. The van der Waals surface area contributed by atoms with Gasteiger partial charge < -0.3 is 5.32 Å². The van der Waals surface area contributed by atoms with Gasteiger partial charge in [-0.3, -0.25) is 4.98 Å². The van der Waals surface area contributed by atoms with Crippen LogP contribution in [0.5, 0.6) is 0 Å². The minimum atomic E-state index is -2.79. The van der Waals surface area contributed by atoms with E-state index in [0.29, 0.717) is 6.54 Å². The molecule has 1 aliphatic heterocycles. The molecule has 0 bridgehead atoms. The number of nitrogens with one attached hydrogen (secondary N) is 1. The summed E-state index contributed by atoms with van der Waals surface area (Å²) < 4.78 is 27.4. The van der Waals surface area contributed by atoms with Crippen molar-refractivity contribution >= 4 is 0 Å². The van der Waals surface area contributed by atoms with Crippen LogP contribution < -0.4 is 5.32 Å². The highest BCUT2D eigenvalue weighted by Gasteiger charge is 2.36. The standard InChI is InChI=1S/C11H14F2N2/c12-11(13,7-9-4-6-14-8-9)10-3-1-2-5-15-10/h1-3,5,9,14H,4,6-8H2. The first-order chi connectivity index (χ1) is 7.18. The van der Waals surface area contributed by atoms with Crippen molar-refractivity contribution in [1.82, 2.24) is 10.3 Å². The molecule has 1 fully saturated rings. The van der Waals surface area contributed by atoms with Crippen molar-refractivity contribution in [2.45, 2.75) is 18.8 Å². The zero-order chi connectivity index (χ0) is 10.7. The average Bonchev–Trinajstić information content (AvgIpc) is 2.71. The zero-order valence-corrected chi connectivity index (χ0v) is 8.42. The number of aromatic nitrogens is 1. The molecule has 0 amide bonds. The number of rotatable bonds is 3. The highest BCUT2D eigenvalue weighted by molar-refractivity contribution is 5.10. The molecule has 82 valence electrons. The van der Waals surface area contributed by atoms with E-state index >= 15 is 0 Å². The molecule has 0 aliphatic carbocycles. The van der Waals surface area contributed by atoms with E-state index in [4.69, 9.17) is 0 Å². The molecule has 1 atom stereocenters. The second-order valence-electron chi connectivity index (χ2n) is 3.98. The lowest BCUT2D eigenvalue weighted by atomic mass is 9.98. The zero-order valence-electron chi connectivity index (χ0n) is 8.42. The van der Waals surface area contributed by atoms with Crippen LogP contribution >= 0.6 is 0 Å². The van der Waals surface area contributed by atoms with Crippen LogP contribution in [0.2, 0.25) is 0 Å². The van der Waals surface area contributed by atoms with Gasteiger partial charge in [-0.15, -0.1) is 0 Å². The Bertz CT molecular complexity index is 308. The number of halogens is 2. The van der Waals surface area contributed by atoms with Crippen LogP contribution in [0.4, 0.5) is 8.78 Å². The van der Waals surface area contributed by atoms with Gasteiger partial charge in [-0.25, -0.2) is 0 Å². The highest BCUT2D eigenvalue weighted by Crippen LogP contribution is 2.34. The minimum Gasteiger partial charge on any atom is -0.316 e. The fourth-order valence-electron chi connectivity index (χ4n) is 1.93. The molecule has 4 heteroatoms. The number of hydrogen-bond acceptors (Lipinski definition) is 2. The molecular formula is C11H14F2N2. The van der Waals surface area contributed by atoms with Gasteiger partial charge >= 0.3 is 0 Å². The molecule has 1 aromatic rings. The van der Waals surface area contributed by atoms with Crippen LogP contribution in [0.25, 0.3) is 0 Å². The summed E-state index contributed by atoms with van der Waals surface area (Å²) in [6, 6.07) is 4.64. The molecule has 1 N–H and O–H groups in total. The third kappa shape index (κ3) is 2.50. The molecule has 1 unspecified atom stereocenters. The predicted octanol–water partition coefficient (Wildman–Crippen LogP) is 2.17. The summed E-state index contributed by atoms with van der Waals surface area (Å²) in [5.74, 6) is -2.72. The fraction of sp³-hybridized carbons (Fsp3) is 0.545. The molecular weight excluding hydrogens is 198 g/mol. The van der Waals surface area contributed by atoms with Gasteiger partial charge in [0.1, 0.15) is 5.69 Å². The van der Waals surface area contributed by atoms with E-state index < -0.39 is 5.92 Å². The molecule has 0 saturated carbocycles. The van der Waals surface area contributed by atoms with Crippen LogP contribution in [0.3, 0.4) is 0 Å². The topological polar surface area (TPSA) is 24.9 Å². The number of hydrogen-bond donors (Lipinski definition) is 1. The third-order valence-electron chi connectivity index (χ3n) is 2.75. The maximum atomic E-state index is 13.7. The Morgan fingerprint density at radius 3 is 2.93 bits per heavy atom. The molecule has 2 nitrogen and oxygen atoms in total. The molecule has 0 spiro atoms. The number of nitrogens with zero attached hydrogens (tertiary/aromatic N) is 1. The molecule has 2 rings (SSSR count). The molecule has 0 radical (unpaired) electrons. The van der Waals surface area contributed by atoms with Gasteiger partial charge in [0.15, 0.2) is 0 Å². The Labute approximate surface area is 87.7 Å². The lowest BCUT2D eigenvalue weighted by Gasteiger charge is -2.18. The summed E-state index contributed by atoms with van der Waals surface area (Å²) in [4.78, 5) is 3.72. The maximum Gasteiger partial charge on any atom is 0.290 e. The number of alkyl halides is 2. The average molecular weight is 212 g/mol. The largest absolute Gasteiger partial charge is 0.316 e. The van der Waals surface area contributed by atoms with E-state index in [1.54, 1.807) is 12.1 Å². The van der Waals surface area contributed by atoms with Crippen LogP contribution in [-0.4, -0.2) is 18.1 Å². The summed E-state index contributed by atoms with van der Waals surface area (Å²) in [7, 11) is 0. The van der Waals surface area contributed by atoms with E-state index in [2.05, 4.69) is 10.3 Å². The Hall–Kier alpha value is -1.03. The van der Waals surface area contributed by atoms with Gasteiger partial charge in [0.2, 0.25) is 0 Å². The van der Waals surface area contributed by atoms with E-state index in [-0.39, 0.29) is 18.0 Å². The second-order valence-corrected chi connectivity index (χ2v) is 3.98. The molecule has 1 aromatic heterocycles. The predicted molar refractivity (Wildman–Crippen MR) is 53.7 cm³/mol. The third-order valence-corrected chi connectivity index (χ3v) is 2.75. The highest BCUT2D eigenvalue weighted by atomic mass is 19.3. The second kappa shape index (κ2) is 4.23. The van der Waals surface area contributed by atoms with E-state index in [1.807, 2.05) is 0 Å².